The molecule has 0 aliphatic carbocycles. The Balaban J connectivity index is 1.74. The van der Waals surface area contributed by atoms with Gasteiger partial charge in [-0.15, -0.1) is 6.58 Å². The fraction of sp³-hybridized carbons (Fsp3) is 0.111. The minimum Gasteiger partial charge on any atom is -0.450 e. The van der Waals surface area contributed by atoms with E-state index in [1.807, 2.05) is 12.1 Å². The monoisotopic (exact) mass is 373 g/mol. The Hall–Kier alpha value is -1.76. The molecule has 1 aliphatic heterocycles. The van der Waals surface area contributed by atoms with Crippen LogP contribution in [-0.4, -0.2) is 21.7 Å². The standard InChI is InChI=1S/C18H15NO2S3/c1-3-10-19-17(20)15(24-18(19)22)11-13-6-9-16(21-13)23-14-7-4-12(2)5-8-14/h3-9,11H,1,10H2,2H3/b15-11-. The van der Waals surface area contributed by atoms with Gasteiger partial charge in [-0.2, -0.15) is 0 Å². The van der Waals surface area contributed by atoms with E-state index in [0.717, 1.165) is 9.99 Å². The summed E-state index contributed by atoms with van der Waals surface area (Å²) in [5.74, 6) is 0.540. The molecule has 3 nitrogen and oxygen atoms in total. The van der Waals surface area contributed by atoms with E-state index in [0.29, 0.717) is 21.5 Å². The fourth-order valence-corrected chi connectivity index (χ4v) is 4.14. The second-order valence-electron chi connectivity index (χ2n) is 5.15. The van der Waals surface area contributed by atoms with Crippen molar-refractivity contribution in [3.63, 3.8) is 0 Å². The van der Waals surface area contributed by atoms with Crippen LogP contribution in [-0.2, 0) is 4.79 Å². The summed E-state index contributed by atoms with van der Waals surface area (Å²) in [6, 6.07) is 12.0. The zero-order valence-corrected chi connectivity index (χ0v) is 15.5. The van der Waals surface area contributed by atoms with E-state index in [1.165, 1.54) is 22.2 Å². The summed E-state index contributed by atoms with van der Waals surface area (Å²) in [4.78, 5) is 15.5. The third-order valence-corrected chi connectivity index (χ3v) is 5.61. The summed E-state index contributed by atoms with van der Waals surface area (Å²) in [7, 11) is 0. The number of aryl methyl sites for hydroxylation is 1. The number of carbonyl (C=O) groups is 1. The predicted molar refractivity (Wildman–Crippen MR) is 104 cm³/mol. The number of hydrogen-bond donors (Lipinski definition) is 0. The van der Waals surface area contributed by atoms with Crippen molar-refractivity contribution >= 4 is 52.0 Å². The molecule has 2 heterocycles. The summed E-state index contributed by atoms with van der Waals surface area (Å²) in [5, 5.41) is 0.784. The number of furan rings is 1. The van der Waals surface area contributed by atoms with Crippen molar-refractivity contribution in [1.29, 1.82) is 0 Å². The molecule has 24 heavy (non-hydrogen) atoms. The van der Waals surface area contributed by atoms with Gasteiger partial charge in [0.05, 0.1) is 4.91 Å². The minimum atomic E-state index is -0.103. The molecule has 1 aliphatic rings. The maximum absolute atomic E-state index is 12.3. The first kappa shape index (κ1) is 17.1. The molecule has 1 saturated heterocycles. The molecular weight excluding hydrogens is 358 g/mol. The average molecular weight is 374 g/mol. The molecule has 3 rings (SSSR count). The van der Waals surface area contributed by atoms with Crippen LogP contribution in [0.5, 0.6) is 0 Å². The highest BCUT2D eigenvalue weighted by Gasteiger charge is 2.31. The van der Waals surface area contributed by atoms with Gasteiger partial charge in [0, 0.05) is 17.5 Å². The Bertz CT molecular complexity index is 821. The SMILES string of the molecule is C=CCN1C(=O)/C(=C/c2ccc(Sc3ccc(C)cc3)o2)SC1=S. The van der Waals surface area contributed by atoms with E-state index >= 15 is 0 Å². The molecule has 1 aromatic heterocycles. The van der Waals surface area contributed by atoms with Crippen LogP contribution in [0.25, 0.3) is 6.08 Å². The molecule has 0 saturated carbocycles. The van der Waals surface area contributed by atoms with E-state index in [2.05, 4.69) is 37.8 Å². The van der Waals surface area contributed by atoms with E-state index in [1.54, 1.807) is 23.9 Å². The van der Waals surface area contributed by atoms with Crippen molar-refractivity contribution in [2.24, 2.45) is 0 Å². The summed E-state index contributed by atoms with van der Waals surface area (Å²) in [6.07, 6.45) is 3.40. The van der Waals surface area contributed by atoms with E-state index < -0.39 is 0 Å². The third kappa shape index (κ3) is 3.83. The highest BCUT2D eigenvalue weighted by Crippen LogP contribution is 2.34. The number of amides is 1. The smallest absolute Gasteiger partial charge is 0.266 e. The van der Waals surface area contributed by atoms with E-state index in [4.69, 9.17) is 16.6 Å². The molecule has 0 atom stereocenters. The van der Waals surface area contributed by atoms with Crippen LogP contribution in [0.15, 0.2) is 68.4 Å². The van der Waals surface area contributed by atoms with Crippen molar-refractivity contribution < 1.29 is 9.21 Å². The predicted octanol–water partition coefficient (Wildman–Crippen LogP) is 5.13. The fourth-order valence-electron chi connectivity index (χ4n) is 2.10. The molecular formula is C18H15NO2S3. The number of thiocarbonyl (C=S) groups is 1. The zero-order chi connectivity index (χ0) is 17.1. The van der Waals surface area contributed by atoms with Gasteiger partial charge in [-0.25, -0.2) is 0 Å². The second-order valence-corrected chi connectivity index (χ2v) is 7.91. The first-order valence-electron chi connectivity index (χ1n) is 7.27. The topological polar surface area (TPSA) is 33.5 Å². The Kier molecular flexibility index (Phi) is 5.28. The molecule has 1 aromatic carbocycles. The van der Waals surface area contributed by atoms with Crippen molar-refractivity contribution in [3.05, 3.63) is 65.3 Å². The Labute approximate surface area is 154 Å². The molecule has 0 spiro atoms. The quantitative estimate of drug-likeness (QED) is 0.412. The van der Waals surface area contributed by atoms with Gasteiger partial charge < -0.3 is 4.42 Å². The van der Waals surface area contributed by atoms with E-state index in [-0.39, 0.29) is 5.91 Å². The van der Waals surface area contributed by atoms with Gasteiger partial charge in [-0.3, -0.25) is 9.69 Å². The molecule has 0 N–H and O–H groups in total. The maximum Gasteiger partial charge on any atom is 0.266 e. The lowest BCUT2D eigenvalue weighted by atomic mass is 10.2. The first-order valence-corrected chi connectivity index (χ1v) is 9.31. The van der Waals surface area contributed by atoms with Crippen LogP contribution >= 0.6 is 35.7 Å². The van der Waals surface area contributed by atoms with Gasteiger partial charge in [0.25, 0.3) is 5.91 Å². The molecule has 0 bridgehead atoms. The van der Waals surface area contributed by atoms with Gasteiger partial charge in [0.2, 0.25) is 0 Å². The summed E-state index contributed by atoms with van der Waals surface area (Å²) >= 11 is 8.06. The Morgan fingerprint density at radius 2 is 2.04 bits per heavy atom. The highest BCUT2D eigenvalue weighted by molar-refractivity contribution is 8.26. The zero-order valence-electron chi connectivity index (χ0n) is 13.0. The molecule has 2 aromatic rings. The molecule has 1 amide bonds. The van der Waals surface area contributed by atoms with Crippen molar-refractivity contribution in [2.45, 2.75) is 16.9 Å². The van der Waals surface area contributed by atoms with Crippen LogP contribution in [0.3, 0.4) is 0 Å². The van der Waals surface area contributed by atoms with Gasteiger partial charge in [0.15, 0.2) is 5.09 Å². The van der Waals surface area contributed by atoms with E-state index in [9.17, 15) is 4.79 Å². The Morgan fingerprint density at radius 1 is 1.29 bits per heavy atom. The molecule has 0 radical (unpaired) electrons. The molecule has 1 fully saturated rings. The number of hydrogen-bond acceptors (Lipinski definition) is 5. The van der Waals surface area contributed by atoms with Crippen molar-refractivity contribution in [1.82, 2.24) is 4.90 Å². The van der Waals surface area contributed by atoms with Gasteiger partial charge in [-0.05, 0) is 31.2 Å². The lowest BCUT2D eigenvalue weighted by Gasteiger charge is -2.10. The summed E-state index contributed by atoms with van der Waals surface area (Å²) < 4.78 is 6.35. The van der Waals surface area contributed by atoms with Gasteiger partial charge in [0.1, 0.15) is 10.1 Å². The Morgan fingerprint density at radius 3 is 2.75 bits per heavy atom. The van der Waals surface area contributed by atoms with Gasteiger partial charge >= 0.3 is 0 Å². The van der Waals surface area contributed by atoms with Gasteiger partial charge in [-0.1, -0.05) is 59.5 Å². The normalized spacial score (nSPS) is 16.2. The number of nitrogens with zero attached hydrogens (tertiary/aromatic N) is 1. The second kappa shape index (κ2) is 7.42. The molecule has 122 valence electrons. The number of carbonyl (C=O) groups excluding carboxylic acids is 1. The summed E-state index contributed by atoms with van der Waals surface area (Å²) in [6.45, 7) is 6.13. The number of thioether (sulfide) groups is 1. The molecule has 6 heteroatoms. The maximum atomic E-state index is 12.3. The van der Waals surface area contributed by atoms with Crippen LogP contribution in [0.1, 0.15) is 11.3 Å². The van der Waals surface area contributed by atoms with Crippen LogP contribution in [0.2, 0.25) is 0 Å². The third-order valence-electron chi connectivity index (χ3n) is 3.30. The highest BCUT2D eigenvalue weighted by atomic mass is 32.2. The first-order chi connectivity index (χ1) is 11.6. The van der Waals surface area contributed by atoms with Crippen LogP contribution < -0.4 is 0 Å². The number of rotatable bonds is 5. The molecule has 0 unspecified atom stereocenters. The van der Waals surface area contributed by atoms with Crippen LogP contribution in [0.4, 0.5) is 0 Å². The largest absolute Gasteiger partial charge is 0.450 e. The van der Waals surface area contributed by atoms with Crippen LogP contribution in [0, 0.1) is 6.92 Å². The summed E-state index contributed by atoms with van der Waals surface area (Å²) in [5.41, 5.74) is 1.22. The lowest BCUT2D eigenvalue weighted by molar-refractivity contribution is -0.121. The van der Waals surface area contributed by atoms with Crippen molar-refractivity contribution in [3.8, 4) is 0 Å². The number of benzene rings is 1. The average Bonchev–Trinajstić information content (AvgIpc) is 3.10. The lowest BCUT2D eigenvalue weighted by Crippen LogP contribution is -2.27. The minimum absolute atomic E-state index is 0.103. The van der Waals surface area contributed by atoms with Crippen molar-refractivity contribution in [2.75, 3.05) is 6.54 Å².